The van der Waals surface area contributed by atoms with E-state index in [0.717, 1.165) is 5.57 Å². The van der Waals surface area contributed by atoms with E-state index in [4.69, 9.17) is 9.47 Å². The number of amides is 1. The summed E-state index contributed by atoms with van der Waals surface area (Å²) >= 11 is 0. The first-order valence-corrected chi connectivity index (χ1v) is 7.81. The lowest BCUT2D eigenvalue weighted by atomic mass is 9.88. The number of hydrogen-bond donors (Lipinski definition) is 1. The monoisotopic (exact) mass is 332 g/mol. The Morgan fingerprint density at radius 3 is 2.50 bits per heavy atom. The van der Waals surface area contributed by atoms with Crippen LogP contribution in [-0.2, 0) is 23.9 Å². The SMILES string of the molecule is CCOC(=O)C(NCC1=CC(=O)N=C2C=CC=CC12)C(=O)OCC. The first-order valence-electron chi connectivity index (χ1n) is 7.81. The number of esters is 2. The van der Waals surface area contributed by atoms with Crippen LogP contribution in [0.15, 0.2) is 40.9 Å². The number of rotatable bonds is 7. The van der Waals surface area contributed by atoms with E-state index in [9.17, 15) is 14.4 Å². The molecule has 0 bridgehead atoms. The molecule has 7 heteroatoms. The van der Waals surface area contributed by atoms with E-state index >= 15 is 0 Å². The average molecular weight is 332 g/mol. The first kappa shape index (κ1) is 17.8. The maximum atomic E-state index is 12.0. The van der Waals surface area contributed by atoms with E-state index in [-0.39, 0.29) is 31.6 Å². The van der Waals surface area contributed by atoms with Gasteiger partial charge in [-0.25, -0.2) is 14.6 Å². The number of carbonyl (C=O) groups excluding carboxylic acids is 3. The highest BCUT2D eigenvalue weighted by molar-refractivity contribution is 6.12. The lowest BCUT2D eigenvalue weighted by Gasteiger charge is -2.24. The summed E-state index contributed by atoms with van der Waals surface area (Å²) in [5.74, 6) is -1.91. The largest absolute Gasteiger partial charge is 0.464 e. The van der Waals surface area contributed by atoms with Crippen molar-refractivity contribution in [3.8, 4) is 0 Å². The van der Waals surface area contributed by atoms with E-state index in [2.05, 4.69) is 10.3 Å². The Hall–Kier alpha value is -2.54. The summed E-state index contributed by atoms with van der Waals surface area (Å²) in [7, 11) is 0. The third-order valence-corrected chi connectivity index (χ3v) is 3.50. The predicted molar refractivity (Wildman–Crippen MR) is 87.4 cm³/mol. The van der Waals surface area contributed by atoms with Crippen molar-refractivity contribution in [2.24, 2.45) is 10.9 Å². The van der Waals surface area contributed by atoms with Crippen LogP contribution < -0.4 is 5.32 Å². The number of hydrogen-bond acceptors (Lipinski definition) is 6. The van der Waals surface area contributed by atoms with E-state index in [1.165, 1.54) is 6.08 Å². The topological polar surface area (TPSA) is 94.1 Å². The number of ether oxygens (including phenoxy) is 2. The Morgan fingerprint density at radius 2 is 1.88 bits per heavy atom. The van der Waals surface area contributed by atoms with Gasteiger partial charge in [0.2, 0.25) is 6.04 Å². The molecule has 1 aliphatic heterocycles. The minimum atomic E-state index is -1.23. The molecule has 128 valence electrons. The van der Waals surface area contributed by atoms with Gasteiger partial charge in [-0.2, -0.15) is 0 Å². The van der Waals surface area contributed by atoms with Crippen LogP contribution in [0.4, 0.5) is 0 Å². The summed E-state index contributed by atoms with van der Waals surface area (Å²) in [6.07, 6.45) is 8.75. The Bertz CT molecular complexity index is 627. The number of nitrogens with zero attached hydrogens (tertiary/aromatic N) is 1. The normalized spacial score (nSPS) is 18.8. The fraction of sp³-hybridized carbons (Fsp3) is 0.412. The van der Waals surface area contributed by atoms with Gasteiger partial charge in [0.05, 0.1) is 18.9 Å². The molecule has 7 nitrogen and oxygen atoms in total. The lowest BCUT2D eigenvalue weighted by Crippen LogP contribution is -2.47. The Kier molecular flexibility index (Phi) is 6.20. The molecule has 1 amide bonds. The predicted octanol–water partition coefficient (Wildman–Crippen LogP) is 0.721. The maximum Gasteiger partial charge on any atom is 0.334 e. The molecule has 0 aromatic rings. The second-order valence-corrected chi connectivity index (χ2v) is 5.13. The quantitative estimate of drug-likeness (QED) is 0.545. The number of allylic oxidation sites excluding steroid dienone is 4. The van der Waals surface area contributed by atoms with Crippen LogP contribution in [0.5, 0.6) is 0 Å². The summed E-state index contributed by atoms with van der Waals surface area (Å²) in [5.41, 5.74) is 1.37. The molecule has 1 unspecified atom stereocenters. The number of nitrogens with one attached hydrogen (secondary N) is 1. The molecule has 0 radical (unpaired) electrons. The van der Waals surface area contributed by atoms with Gasteiger partial charge in [0.1, 0.15) is 0 Å². The van der Waals surface area contributed by atoms with Gasteiger partial charge in [0, 0.05) is 18.5 Å². The van der Waals surface area contributed by atoms with Crippen LogP contribution in [0.3, 0.4) is 0 Å². The highest BCUT2D eigenvalue weighted by atomic mass is 16.6. The van der Waals surface area contributed by atoms with Gasteiger partial charge < -0.3 is 9.47 Å². The van der Waals surface area contributed by atoms with Crippen LogP contribution in [0.25, 0.3) is 0 Å². The van der Waals surface area contributed by atoms with E-state index in [1.807, 2.05) is 12.2 Å². The highest BCUT2D eigenvalue weighted by Crippen LogP contribution is 2.22. The van der Waals surface area contributed by atoms with Crippen molar-refractivity contribution < 1.29 is 23.9 Å². The molecule has 1 heterocycles. The molecule has 0 fully saturated rings. The van der Waals surface area contributed by atoms with Crippen molar-refractivity contribution in [1.82, 2.24) is 5.32 Å². The molecule has 0 spiro atoms. The standard InChI is InChI=1S/C17H20N2O5/c1-3-23-16(21)15(17(22)24-4-2)18-10-11-9-14(20)19-13-8-6-5-7-12(11)13/h5-9,12,15,18H,3-4,10H2,1-2H3. The number of aliphatic imine (C=N–C) groups is 1. The van der Waals surface area contributed by atoms with Gasteiger partial charge in [0.25, 0.3) is 5.91 Å². The minimum Gasteiger partial charge on any atom is -0.464 e. The van der Waals surface area contributed by atoms with Crippen LogP contribution in [0, 0.1) is 5.92 Å². The van der Waals surface area contributed by atoms with Crippen LogP contribution in [0.2, 0.25) is 0 Å². The van der Waals surface area contributed by atoms with Gasteiger partial charge >= 0.3 is 11.9 Å². The molecule has 2 rings (SSSR count). The van der Waals surface area contributed by atoms with E-state index in [0.29, 0.717) is 5.71 Å². The Morgan fingerprint density at radius 1 is 1.21 bits per heavy atom. The van der Waals surface area contributed by atoms with Crippen LogP contribution in [0.1, 0.15) is 13.8 Å². The smallest absolute Gasteiger partial charge is 0.334 e. The lowest BCUT2D eigenvalue weighted by molar-refractivity contribution is -0.157. The van der Waals surface area contributed by atoms with Gasteiger partial charge in [-0.1, -0.05) is 18.2 Å². The van der Waals surface area contributed by atoms with Crippen LogP contribution >= 0.6 is 0 Å². The van der Waals surface area contributed by atoms with Gasteiger partial charge in [-0.05, 0) is 25.5 Å². The summed E-state index contributed by atoms with van der Waals surface area (Å²) in [6.45, 7) is 3.79. The third-order valence-electron chi connectivity index (χ3n) is 3.50. The number of dihydropyridines is 1. The molecular formula is C17H20N2O5. The maximum absolute atomic E-state index is 12.0. The molecule has 24 heavy (non-hydrogen) atoms. The highest BCUT2D eigenvalue weighted by Gasteiger charge is 2.31. The second kappa shape index (κ2) is 8.35. The van der Waals surface area contributed by atoms with Crippen molar-refractivity contribution in [3.05, 3.63) is 36.0 Å². The summed E-state index contributed by atoms with van der Waals surface area (Å²) < 4.78 is 9.80. The summed E-state index contributed by atoms with van der Waals surface area (Å²) in [4.78, 5) is 39.6. The molecule has 0 aromatic carbocycles. The van der Waals surface area contributed by atoms with E-state index < -0.39 is 18.0 Å². The van der Waals surface area contributed by atoms with Gasteiger partial charge in [0.15, 0.2) is 0 Å². The summed E-state index contributed by atoms with van der Waals surface area (Å²) in [5, 5.41) is 2.83. The van der Waals surface area contributed by atoms with Gasteiger partial charge in [-0.15, -0.1) is 0 Å². The fourth-order valence-electron chi connectivity index (χ4n) is 2.45. The number of carbonyl (C=O) groups is 3. The van der Waals surface area contributed by atoms with Gasteiger partial charge in [-0.3, -0.25) is 10.1 Å². The van der Waals surface area contributed by atoms with Crippen molar-refractivity contribution in [2.75, 3.05) is 19.8 Å². The number of fused-ring (bicyclic) bond motifs is 1. The van der Waals surface area contributed by atoms with Crippen molar-refractivity contribution in [1.29, 1.82) is 0 Å². The van der Waals surface area contributed by atoms with E-state index in [1.54, 1.807) is 26.0 Å². The zero-order valence-corrected chi connectivity index (χ0v) is 13.7. The average Bonchev–Trinajstić information content (AvgIpc) is 2.55. The van der Waals surface area contributed by atoms with Crippen molar-refractivity contribution in [3.63, 3.8) is 0 Å². The molecule has 0 saturated carbocycles. The fourth-order valence-corrected chi connectivity index (χ4v) is 2.45. The molecule has 0 saturated heterocycles. The molecular weight excluding hydrogens is 312 g/mol. The molecule has 1 atom stereocenters. The van der Waals surface area contributed by atoms with Crippen LogP contribution in [-0.4, -0.2) is 49.4 Å². The van der Waals surface area contributed by atoms with Crippen molar-refractivity contribution in [2.45, 2.75) is 19.9 Å². The third kappa shape index (κ3) is 4.26. The molecule has 0 aromatic heterocycles. The molecule has 1 aliphatic carbocycles. The zero-order chi connectivity index (χ0) is 17.5. The van der Waals surface area contributed by atoms with Crippen molar-refractivity contribution >= 4 is 23.6 Å². The molecule has 2 aliphatic rings. The Labute approximate surface area is 140 Å². The molecule has 1 N–H and O–H groups in total. The zero-order valence-electron chi connectivity index (χ0n) is 13.7. The first-order chi connectivity index (χ1) is 11.6. The summed E-state index contributed by atoms with van der Waals surface area (Å²) in [6, 6.07) is -1.23. The second-order valence-electron chi connectivity index (χ2n) is 5.13. The Balaban J connectivity index is 2.09. The minimum absolute atomic E-state index is 0.148.